The lowest BCUT2D eigenvalue weighted by molar-refractivity contribution is -0.128. The quantitative estimate of drug-likeness (QED) is 0.662. The van der Waals surface area contributed by atoms with Crippen LogP contribution in [0, 0.1) is 23.7 Å². The van der Waals surface area contributed by atoms with E-state index >= 15 is 0 Å². The molecule has 0 aliphatic heterocycles. The van der Waals surface area contributed by atoms with E-state index in [4.69, 9.17) is 5.73 Å². The van der Waals surface area contributed by atoms with Crippen LogP contribution in [0.25, 0.3) is 0 Å². The first kappa shape index (κ1) is 16.3. The number of rotatable bonds is 5. The molecule has 5 nitrogen and oxygen atoms in total. The Labute approximate surface area is 127 Å². The Morgan fingerprint density at radius 1 is 1.10 bits per heavy atom. The third-order valence-electron chi connectivity index (χ3n) is 5.03. The van der Waals surface area contributed by atoms with Crippen molar-refractivity contribution in [3.63, 3.8) is 0 Å². The van der Waals surface area contributed by atoms with Crippen molar-refractivity contribution in [1.29, 1.82) is 0 Å². The summed E-state index contributed by atoms with van der Waals surface area (Å²) in [6, 6.07) is 0.299. The standard InChI is InChI=1S/C16H29N3O2/c1-10(2)15(20)18-6-7-19-16(21)13-8-11-4-3-5-12(9-13)14(11)17/h10-14H,3-9,17H2,1-2H3,(H,18,20)(H,19,21). The van der Waals surface area contributed by atoms with Crippen LogP contribution in [0.2, 0.25) is 0 Å². The molecule has 0 aromatic heterocycles. The molecule has 2 unspecified atom stereocenters. The summed E-state index contributed by atoms with van der Waals surface area (Å²) >= 11 is 0. The van der Waals surface area contributed by atoms with E-state index in [9.17, 15) is 9.59 Å². The van der Waals surface area contributed by atoms with Crippen LogP contribution < -0.4 is 16.4 Å². The molecule has 21 heavy (non-hydrogen) atoms. The molecular formula is C16H29N3O2. The van der Waals surface area contributed by atoms with Gasteiger partial charge in [0.25, 0.3) is 0 Å². The molecule has 4 N–H and O–H groups in total. The van der Waals surface area contributed by atoms with E-state index in [0.717, 1.165) is 12.8 Å². The Morgan fingerprint density at radius 2 is 1.67 bits per heavy atom. The molecule has 2 bridgehead atoms. The van der Waals surface area contributed by atoms with Crippen molar-refractivity contribution in [3.8, 4) is 0 Å². The highest BCUT2D eigenvalue weighted by Crippen LogP contribution is 2.41. The molecule has 0 saturated heterocycles. The molecule has 0 heterocycles. The third kappa shape index (κ3) is 4.19. The van der Waals surface area contributed by atoms with E-state index in [1.54, 1.807) is 0 Å². The van der Waals surface area contributed by atoms with Crippen molar-refractivity contribution in [2.45, 2.75) is 52.0 Å². The molecule has 2 aliphatic carbocycles. The summed E-state index contributed by atoms with van der Waals surface area (Å²) in [4.78, 5) is 23.7. The Hall–Kier alpha value is -1.10. The lowest BCUT2D eigenvalue weighted by Crippen LogP contribution is -2.49. The van der Waals surface area contributed by atoms with Crippen LogP contribution in [0.5, 0.6) is 0 Å². The van der Waals surface area contributed by atoms with Gasteiger partial charge in [0.05, 0.1) is 0 Å². The average molecular weight is 295 g/mol. The fraction of sp³-hybridized carbons (Fsp3) is 0.875. The van der Waals surface area contributed by atoms with Crippen LogP contribution in [-0.4, -0.2) is 30.9 Å². The van der Waals surface area contributed by atoms with Crippen LogP contribution in [-0.2, 0) is 9.59 Å². The van der Waals surface area contributed by atoms with Crippen molar-refractivity contribution in [1.82, 2.24) is 10.6 Å². The van der Waals surface area contributed by atoms with Gasteiger partial charge in [-0.25, -0.2) is 0 Å². The maximum Gasteiger partial charge on any atom is 0.223 e. The average Bonchev–Trinajstić information content (AvgIpc) is 2.42. The highest BCUT2D eigenvalue weighted by atomic mass is 16.2. The molecule has 0 radical (unpaired) electrons. The maximum atomic E-state index is 12.2. The molecule has 2 atom stereocenters. The zero-order chi connectivity index (χ0) is 15.4. The summed E-state index contributed by atoms with van der Waals surface area (Å²) < 4.78 is 0. The van der Waals surface area contributed by atoms with E-state index in [-0.39, 0.29) is 23.7 Å². The minimum absolute atomic E-state index is 0.0140. The number of amides is 2. The Bertz CT molecular complexity index is 370. The van der Waals surface area contributed by atoms with Gasteiger partial charge in [-0.3, -0.25) is 9.59 Å². The normalized spacial score (nSPS) is 31.8. The van der Waals surface area contributed by atoms with Gasteiger partial charge in [0.1, 0.15) is 0 Å². The summed E-state index contributed by atoms with van der Waals surface area (Å²) in [5.74, 6) is 1.31. The molecule has 120 valence electrons. The summed E-state index contributed by atoms with van der Waals surface area (Å²) in [6.07, 6.45) is 5.47. The van der Waals surface area contributed by atoms with Crippen LogP contribution in [0.1, 0.15) is 46.0 Å². The van der Waals surface area contributed by atoms with E-state index in [2.05, 4.69) is 10.6 Å². The van der Waals surface area contributed by atoms with Crippen molar-refractivity contribution >= 4 is 11.8 Å². The van der Waals surface area contributed by atoms with Crippen molar-refractivity contribution in [3.05, 3.63) is 0 Å². The van der Waals surface area contributed by atoms with Crippen molar-refractivity contribution < 1.29 is 9.59 Å². The lowest BCUT2D eigenvalue weighted by Gasteiger charge is -2.43. The van der Waals surface area contributed by atoms with Crippen LogP contribution in [0.4, 0.5) is 0 Å². The predicted octanol–water partition coefficient (Wildman–Crippen LogP) is 1.03. The first-order chi connectivity index (χ1) is 9.99. The molecule has 0 aromatic rings. The second kappa shape index (κ2) is 7.25. The number of nitrogens with two attached hydrogens (primary N) is 1. The smallest absolute Gasteiger partial charge is 0.223 e. The second-order valence-corrected chi connectivity index (χ2v) is 6.93. The van der Waals surface area contributed by atoms with Gasteiger partial charge in [0, 0.05) is 31.0 Å². The monoisotopic (exact) mass is 295 g/mol. The topological polar surface area (TPSA) is 84.2 Å². The molecule has 2 fully saturated rings. The predicted molar refractivity (Wildman–Crippen MR) is 82.4 cm³/mol. The fourth-order valence-corrected chi connectivity index (χ4v) is 3.72. The summed E-state index contributed by atoms with van der Waals surface area (Å²) in [5.41, 5.74) is 6.25. The van der Waals surface area contributed by atoms with Crippen LogP contribution >= 0.6 is 0 Å². The summed E-state index contributed by atoms with van der Waals surface area (Å²) in [5, 5.41) is 5.77. The number of carbonyl (C=O) groups is 2. The van der Waals surface area contributed by atoms with Gasteiger partial charge in [0.15, 0.2) is 0 Å². The minimum atomic E-state index is -0.0140. The number of fused-ring (bicyclic) bond motifs is 2. The number of nitrogens with one attached hydrogen (secondary N) is 2. The van der Waals surface area contributed by atoms with E-state index in [0.29, 0.717) is 31.0 Å². The van der Waals surface area contributed by atoms with Gasteiger partial charge in [0.2, 0.25) is 11.8 Å². The van der Waals surface area contributed by atoms with Gasteiger partial charge in [-0.2, -0.15) is 0 Å². The fourth-order valence-electron chi connectivity index (χ4n) is 3.72. The lowest BCUT2D eigenvalue weighted by atomic mass is 9.65. The van der Waals surface area contributed by atoms with E-state index < -0.39 is 0 Å². The zero-order valence-electron chi connectivity index (χ0n) is 13.2. The molecule has 2 saturated carbocycles. The van der Waals surface area contributed by atoms with Crippen molar-refractivity contribution in [2.75, 3.05) is 13.1 Å². The largest absolute Gasteiger partial charge is 0.354 e. The number of hydrogen-bond donors (Lipinski definition) is 3. The van der Waals surface area contributed by atoms with Crippen LogP contribution in [0.3, 0.4) is 0 Å². The second-order valence-electron chi connectivity index (χ2n) is 6.93. The number of hydrogen-bond acceptors (Lipinski definition) is 3. The first-order valence-corrected chi connectivity index (χ1v) is 8.30. The molecule has 2 aliphatic rings. The molecule has 0 spiro atoms. The molecule has 2 amide bonds. The summed E-state index contributed by atoms with van der Waals surface area (Å²) in [7, 11) is 0. The van der Waals surface area contributed by atoms with E-state index in [1.165, 1.54) is 19.3 Å². The zero-order valence-corrected chi connectivity index (χ0v) is 13.2. The molecule has 0 aromatic carbocycles. The van der Waals surface area contributed by atoms with Gasteiger partial charge in [-0.15, -0.1) is 0 Å². The Morgan fingerprint density at radius 3 is 2.24 bits per heavy atom. The Balaban J connectivity index is 1.70. The van der Waals surface area contributed by atoms with Gasteiger partial charge >= 0.3 is 0 Å². The van der Waals surface area contributed by atoms with Gasteiger partial charge in [-0.1, -0.05) is 20.3 Å². The van der Waals surface area contributed by atoms with Crippen molar-refractivity contribution in [2.24, 2.45) is 29.4 Å². The molecule has 5 heteroatoms. The summed E-state index contributed by atoms with van der Waals surface area (Å²) in [6.45, 7) is 4.73. The SMILES string of the molecule is CC(C)C(=O)NCCNC(=O)C1CC2CCCC(C1)C2N. The van der Waals surface area contributed by atoms with E-state index in [1.807, 2.05) is 13.8 Å². The van der Waals surface area contributed by atoms with Crippen LogP contribution in [0.15, 0.2) is 0 Å². The van der Waals surface area contributed by atoms with Gasteiger partial charge in [-0.05, 0) is 37.5 Å². The van der Waals surface area contributed by atoms with Gasteiger partial charge < -0.3 is 16.4 Å². The third-order valence-corrected chi connectivity index (χ3v) is 5.03. The maximum absolute atomic E-state index is 12.2. The molecular weight excluding hydrogens is 266 g/mol. The minimum Gasteiger partial charge on any atom is -0.354 e. The number of carbonyl (C=O) groups excluding carboxylic acids is 2. The Kier molecular flexibility index (Phi) is 5.62. The highest BCUT2D eigenvalue weighted by molar-refractivity contribution is 5.79. The molecule has 2 rings (SSSR count). The highest BCUT2D eigenvalue weighted by Gasteiger charge is 2.40. The first-order valence-electron chi connectivity index (χ1n) is 8.30.